The van der Waals surface area contributed by atoms with Crippen LogP contribution in [0.2, 0.25) is 0 Å². The van der Waals surface area contributed by atoms with Gasteiger partial charge in [0.05, 0.1) is 26.0 Å². The number of nitrogens with zero attached hydrogens (tertiary/aromatic N) is 2. The maximum atomic E-state index is 11.6. The summed E-state index contributed by atoms with van der Waals surface area (Å²) in [5, 5.41) is 2.89. The zero-order chi connectivity index (χ0) is 14.8. The third kappa shape index (κ3) is 3.70. The minimum Gasteiger partial charge on any atom is -0.379 e. The van der Waals surface area contributed by atoms with Crippen LogP contribution in [0, 0.1) is 0 Å². The number of rotatable bonds is 6. The van der Waals surface area contributed by atoms with E-state index in [1.807, 2.05) is 0 Å². The van der Waals surface area contributed by atoms with E-state index in [0.717, 1.165) is 0 Å². The molecular weight excluding hydrogens is 289 g/mol. The summed E-state index contributed by atoms with van der Waals surface area (Å²) in [7, 11) is -4.02. The molecule has 0 radical (unpaired) electrons. The summed E-state index contributed by atoms with van der Waals surface area (Å²) in [5.74, 6) is 0.481. The number of ether oxygens (including phenoxy) is 1. The van der Waals surface area contributed by atoms with Crippen LogP contribution in [0.25, 0.3) is 0 Å². The molecule has 112 valence electrons. The molecule has 1 aromatic heterocycles. The van der Waals surface area contributed by atoms with Gasteiger partial charge in [-0.05, 0) is 0 Å². The number of anilines is 3. The molecule has 20 heavy (non-hydrogen) atoms. The molecule has 2 heterocycles. The first-order valence-corrected chi connectivity index (χ1v) is 7.67. The highest BCUT2D eigenvalue weighted by Gasteiger charge is 2.23. The van der Waals surface area contributed by atoms with Crippen LogP contribution in [-0.4, -0.2) is 52.3 Å². The average molecular weight is 305 g/mol. The summed E-state index contributed by atoms with van der Waals surface area (Å²) < 4.78 is 15.8. The van der Waals surface area contributed by atoms with Crippen LogP contribution in [0.4, 0.5) is 17.5 Å². The molecule has 10 nitrogen and oxygen atoms in total. The van der Waals surface area contributed by atoms with E-state index in [0.29, 0.717) is 24.7 Å². The van der Waals surface area contributed by atoms with Crippen molar-refractivity contribution in [3.8, 4) is 0 Å². The van der Waals surface area contributed by atoms with Crippen molar-refractivity contribution < 1.29 is 19.1 Å². The number of hydrogen-bond acceptors (Lipinski definition) is 7. The molecule has 0 aliphatic carbocycles. The molecule has 0 unspecified atom stereocenters. The van der Waals surface area contributed by atoms with E-state index in [1.165, 1.54) is 0 Å². The number of nitrogen functional groups attached to an aromatic ring is 1. The van der Waals surface area contributed by atoms with Crippen molar-refractivity contribution in [1.29, 1.82) is 0 Å². The van der Waals surface area contributed by atoms with Crippen molar-refractivity contribution >= 4 is 25.0 Å². The summed E-state index contributed by atoms with van der Waals surface area (Å²) in [4.78, 5) is 37.1. The average Bonchev–Trinajstić information content (AvgIpc) is 2.70. The SMILES string of the molecule is Nc1nc2c(c(=O)[nH]1)NCN2CCOCCP(=O)(O)O. The van der Waals surface area contributed by atoms with Crippen LogP contribution in [0.1, 0.15) is 0 Å². The highest BCUT2D eigenvalue weighted by atomic mass is 31.2. The fourth-order valence-corrected chi connectivity index (χ4v) is 2.13. The predicted octanol–water partition coefficient (Wildman–Crippen LogP) is -1.26. The Hall–Kier alpha value is -1.61. The van der Waals surface area contributed by atoms with Gasteiger partial charge in [-0.2, -0.15) is 4.98 Å². The minimum absolute atomic E-state index is 0.0245. The second-order valence-corrected chi connectivity index (χ2v) is 6.03. The fraction of sp³-hybridized carbons (Fsp3) is 0.556. The Morgan fingerprint density at radius 3 is 2.90 bits per heavy atom. The summed E-state index contributed by atoms with van der Waals surface area (Å²) in [6.07, 6.45) is -0.313. The molecule has 0 bridgehead atoms. The van der Waals surface area contributed by atoms with Gasteiger partial charge in [-0.3, -0.25) is 14.3 Å². The van der Waals surface area contributed by atoms with Gasteiger partial charge in [-0.1, -0.05) is 0 Å². The van der Waals surface area contributed by atoms with Crippen LogP contribution in [0.15, 0.2) is 4.79 Å². The van der Waals surface area contributed by atoms with Gasteiger partial charge >= 0.3 is 7.60 Å². The maximum absolute atomic E-state index is 11.6. The zero-order valence-electron chi connectivity index (χ0n) is 10.6. The Bertz CT molecular complexity index is 585. The van der Waals surface area contributed by atoms with Gasteiger partial charge in [-0.15, -0.1) is 0 Å². The van der Waals surface area contributed by atoms with Gasteiger partial charge in [0.2, 0.25) is 5.95 Å². The van der Waals surface area contributed by atoms with Crippen molar-refractivity contribution in [3.05, 3.63) is 10.4 Å². The van der Waals surface area contributed by atoms with Crippen molar-refractivity contribution in [2.24, 2.45) is 0 Å². The lowest BCUT2D eigenvalue weighted by Gasteiger charge is -2.16. The maximum Gasteiger partial charge on any atom is 0.327 e. The lowest BCUT2D eigenvalue weighted by atomic mass is 10.4. The Kier molecular flexibility index (Phi) is 4.29. The summed E-state index contributed by atoms with van der Waals surface area (Å²) in [6.45, 7) is 1.06. The Balaban J connectivity index is 1.86. The van der Waals surface area contributed by atoms with Crippen molar-refractivity contribution in [3.63, 3.8) is 0 Å². The van der Waals surface area contributed by atoms with Gasteiger partial charge in [0, 0.05) is 6.54 Å². The number of nitrogens with two attached hydrogens (primary N) is 1. The Morgan fingerprint density at radius 2 is 2.20 bits per heavy atom. The highest BCUT2D eigenvalue weighted by molar-refractivity contribution is 7.51. The number of hydrogen-bond donors (Lipinski definition) is 5. The monoisotopic (exact) mass is 305 g/mol. The number of nitrogens with one attached hydrogen (secondary N) is 2. The largest absolute Gasteiger partial charge is 0.379 e. The van der Waals surface area contributed by atoms with Crippen LogP contribution < -0.4 is 21.5 Å². The van der Waals surface area contributed by atoms with Gasteiger partial charge in [0.15, 0.2) is 5.82 Å². The molecule has 1 aliphatic rings. The molecule has 0 saturated carbocycles. The van der Waals surface area contributed by atoms with Gasteiger partial charge < -0.3 is 30.5 Å². The van der Waals surface area contributed by atoms with Gasteiger partial charge in [-0.25, -0.2) is 0 Å². The van der Waals surface area contributed by atoms with E-state index in [9.17, 15) is 9.36 Å². The van der Waals surface area contributed by atoms with Crippen molar-refractivity contribution in [1.82, 2.24) is 9.97 Å². The smallest absolute Gasteiger partial charge is 0.327 e. The highest BCUT2D eigenvalue weighted by Crippen LogP contribution is 2.33. The van der Waals surface area contributed by atoms with E-state index in [2.05, 4.69) is 15.3 Å². The summed E-state index contributed by atoms with van der Waals surface area (Å²) >= 11 is 0. The summed E-state index contributed by atoms with van der Waals surface area (Å²) in [5.41, 5.74) is 5.50. The second-order valence-electron chi connectivity index (χ2n) is 4.25. The van der Waals surface area contributed by atoms with E-state index in [1.54, 1.807) is 4.90 Å². The normalized spacial score (nSPS) is 14.2. The van der Waals surface area contributed by atoms with E-state index in [4.69, 9.17) is 20.3 Å². The zero-order valence-corrected chi connectivity index (χ0v) is 11.5. The lowest BCUT2D eigenvalue weighted by molar-refractivity contribution is 0.152. The Morgan fingerprint density at radius 1 is 1.45 bits per heavy atom. The molecule has 0 saturated heterocycles. The standard InChI is InChI=1S/C9H16N5O5P/c10-9-12-7-6(8(15)13-9)11-5-14(7)1-2-19-3-4-20(16,17)18/h11H,1-5H2,(H2,16,17,18)(H3,10,12,13,15). The van der Waals surface area contributed by atoms with Crippen LogP contribution in [0.3, 0.4) is 0 Å². The first kappa shape index (κ1) is 14.8. The van der Waals surface area contributed by atoms with E-state index >= 15 is 0 Å². The Labute approximate surface area is 114 Å². The number of H-pyrrole nitrogens is 1. The van der Waals surface area contributed by atoms with Crippen LogP contribution >= 0.6 is 7.60 Å². The lowest BCUT2D eigenvalue weighted by Crippen LogP contribution is -2.28. The number of fused-ring (bicyclic) bond motifs is 1. The number of aromatic nitrogens is 2. The molecule has 2 rings (SSSR count). The molecule has 1 aromatic rings. The van der Waals surface area contributed by atoms with Gasteiger partial charge in [0.25, 0.3) is 5.56 Å². The van der Waals surface area contributed by atoms with Crippen molar-refractivity contribution in [2.45, 2.75) is 0 Å². The fourth-order valence-electron chi connectivity index (χ4n) is 1.76. The van der Waals surface area contributed by atoms with E-state index < -0.39 is 7.60 Å². The molecule has 1 aliphatic heterocycles. The topological polar surface area (TPSA) is 154 Å². The molecule has 11 heteroatoms. The molecule has 0 atom stereocenters. The first-order chi connectivity index (χ1) is 9.37. The third-order valence-corrected chi connectivity index (χ3v) is 3.46. The second kappa shape index (κ2) is 5.80. The number of aromatic amines is 1. The van der Waals surface area contributed by atoms with Crippen LogP contribution in [0.5, 0.6) is 0 Å². The van der Waals surface area contributed by atoms with E-state index in [-0.39, 0.29) is 30.9 Å². The molecule has 0 fully saturated rings. The molecule has 0 spiro atoms. The molecule has 0 amide bonds. The van der Waals surface area contributed by atoms with Gasteiger partial charge in [0.1, 0.15) is 5.69 Å². The van der Waals surface area contributed by atoms with Crippen LogP contribution in [-0.2, 0) is 9.30 Å². The third-order valence-electron chi connectivity index (χ3n) is 2.70. The van der Waals surface area contributed by atoms with Crippen molar-refractivity contribution in [2.75, 3.05) is 48.5 Å². The minimum atomic E-state index is -4.02. The predicted molar refractivity (Wildman–Crippen MR) is 72.8 cm³/mol. The molecular formula is C9H16N5O5P. The molecule has 0 aromatic carbocycles. The molecule has 6 N–H and O–H groups in total. The summed E-state index contributed by atoms with van der Waals surface area (Å²) in [6, 6.07) is 0. The first-order valence-electron chi connectivity index (χ1n) is 5.88. The quantitative estimate of drug-likeness (QED) is 0.320.